The van der Waals surface area contributed by atoms with Gasteiger partial charge in [0.05, 0.1) is 4.92 Å². The molecule has 0 radical (unpaired) electrons. The first kappa shape index (κ1) is 14.6. The fourth-order valence-electron chi connectivity index (χ4n) is 1.55. The highest BCUT2D eigenvalue weighted by Gasteiger charge is 2.12. The number of hydrogen-bond donors (Lipinski definition) is 1. The lowest BCUT2D eigenvalue weighted by Gasteiger charge is -2.05. The van der Waals surface area contributed by atoms with Crippen LogP contribution in [-0.2, 0) is 0 Å². The van der Waals surface area contributed by atoms with Crippen molar-refractivity contribution >= 4 is 34.9 Å². The lowest BCUT2D eigenvalue weighted by Crippen LogP contribution is -2.07. The van der Waals surface area contributed by atoms with Crippen LogP contribution in [0.1, 0.15) is 0 Å². The number of benzene rings is 1. The number of thioether (sulfide) groups is 1. The van der Waals surface area contributed by atoms with Gasteiger partial charge in [0.1, 0.15) is 0 Å². The molecular formula is C13H12ClN3O2S. The summed E-state index contributed by atoms with van der Waals surface area (Å²) in [5.41, 5.74) is -0.0102. The number of halogens is 1. The molecule has 1 N–H and O–H groups in total. The van der Waals surface area contributed by atoms with Crippen LogP contribution in [0.4, 0.5) is 11.5 Å². The van der Waals surface area contributed by atoms with Crippen LogP contribution in [0.2, 0.25) is 5.02 Å². The topological polar surface area (TPSA) is 68.1 Å². The Labute approximate surface area is 125 Å². The summed E-state index contributed by atoms with van der Waals surface area (Å²) in [6.45, 7) is 0.588. The Bertz CT molecular complexity index is 592. The average Bonchev–Trinajstić information content (AvgIpc) is 2.46. The molecule has 0 aliphatic carbocycles. The van der Waals surface area contributed by atoms with Crippen molar-refractivity contribution in [2.45, 2.75) is 4.90 Å². The van der Waals surface area contributed by atoms with Crippen molar-refractivity contribution in [1.82, 2.24) is 4.98 Å². The van der Waals surface area contributed by atoms with Gasteiger partial charge in [-0.3, -0.25) is 10.1 Å². The Kier molecular flexibility index (Phi) is 5.20. The largest absolute Gasteiger partial charge is 0.364 e. The molecule has 2 rings (SSSR count). The third kappa shape index (κ3) is 4.11. The molecule has 0 unspecified atom stereocenters. The van der Waals surface area contributed by atoms with E-state index in [0.29, 0.717) is 17.4 Å². The number of nitro groups is 1. The summed E-state index contributed by atoms with van der Waals surface area (Å²) in [6, 6.07) is 10.5. The molecule has 0 amide bonds. The number of hydrogen-bond acceptors (Lipinski definition) is 5. The number of pyridine rings is 1. The SMILES string of the molecule is O=[N+]([O-])c1cccnc1NCCSc1ccc(Cl)cc1. The maximum absolute atomic E-state index is 10.8. The number of nitrogens with zero attached hydrogens (tertiary/aromatic N) is 2. The summed E-state index contributed by atoms with van der Waals surface area (Å²) in [5, 5.41) is 14.5. The predicted octanol–water partition coefficient (Wildman–Crippen LogP) is 3.85. The molecule has 1 aromatic heterocycles. The second-order valence-electron chi connectivity index (χ2n) is 3.86. The molecule has 0 spiro atoms. The standard InChI is InChI=1S/C13H12ClN3O2S/c14-10-3-5-11(6-4-10)20-9-8-16-13-12(17(18)19)2-1-7-15-13/h1-7H,8-9H2,(H,15,16). The fraction of sp³-hybridized carbons (Fsp3) is 0.154. The lowest BCUT2D eigenvalue weighted by atomic mass is 10.4. The lowest BCUT2D eigenvalue weighted by molar-refractivity contribution is -0.384. The molecule has 0 saturated carbocycles. The summed E-state index contributed by atoms with van der Waals surface area (Å²) < 4.78 is 0. The van der Waals surface area contributed by atoms with Gasteiger partial charge in [-0.05, 0) is 30.3 Å². The summed E-state index contributed by atoms with van der Waals surface area (Å²) in [5.74, 6) is 1.07. The summed E-state index contributed by atoms with van der Waals surface area (Å²) in [4.78, 5) is 15.5. The molecule has 5 nitrogen and oxygen atoms in total. The van der Waals surface area contributed by atoms with Gasteiger partial charge in [0.2, 0.25) is 5.82 Å². The first-order valence-electron chi connectivity index (χ1n) is 5.88. The Balaban J connectivity index is 1.84. The normalized spacial score (nSPS) is 10.2. The molecule has 0 atom stereocenters. The first-order valence-corrected chi connectivity index (χ1v) is 7.25. The molecule has 1 heterocycles. The molecule has 2 aromatic rings. The monoisotopic (exact) mass is 309 g/mol. The van der Waals surface area contributed by atoms with Crippen molar-refractivity contribution in [3.8, 4) is 0 Å². The average molecular weight is 310 g/mol. The number of aromatic nitrogens is 1. The number of nitrogens with one attached hydrogen (secondary N) is 1. The van der Waals surface area contributed by atoms with Crippen molar-refractivity contribution in [3.05, 3.63) is 57.7 Å². The van der Waals surface area contributed by atoms with Gasteiger partial charge in [-0.2, -0.15) is 0 Å². The molecule has 20 heavy (non-hydrogen) atoms. The highest BCUT2D eigenvalue weighted by Crippen LogP contribution is 2.22. The number of rotatable bonds is 6. The Morgan fingerprint density at radius 3 is 2.75 bits per heavy atom. The van der Waals surface area contributed by atoms with Crippen molar-refractivity contribution in [1.29, 1.82) is 0 Å². The molecule has 7 heteroatoms. The van der Waals surface area contributed by atoms with Gasteiger partial charge in [0.25, 0.3) is 0 Å². The second-order valence-corrected chi connectivity index (χ2v) is 5.46. The van der Waals surface area contributed by atoms with Crippen molar-refractivity contribution in [2.75, 3.05) is 17.6 Å². The van der Waals surface area contributed by atoms with Gasteiger partial charge in [-0.15, -0.1) is 11.8 Å². The minimum absolute atomic E-state index is 0.0102. The van der Waals surface area contributed by atoms with Gasteiger partial charge >= 0.3 is 5.69 Å². The van der Waals surface area contributed by atoms with Crippen LogP contribution in [-0.4, -0.2) is 22.2 Å². The maximum Gasteiger partial charge on any atom is 0.311 e. The van der Waals surface area contributed by atoms with Crippen molar-refractivity contribution < 1.29 is 4.92 Å². The molecular weight excluding hydrogens is 298 g/mol. The molecule has 0 aliphatic heterocycles. The molecule has 1 aromatic carbocycles. The van der Waals surface area contributed by atoms with Crippen LogP contribution in [0.15, 0.2) is 47.5 Å². The minimum Gasteiger partial charge on any atom is -0.364 e. The Morgan fingerprint density at radius 2 is 2.05 bits per heavy atom. The minimum atomic E-state index is -0.443. The highest BCUT2D eigenvalue weighted by atomic mass is 35.5. The Hall–Kier alpha value is -1.79. The first-order chi connectivity index (χ1) is 9.66. The predicted molar refractivity (Wildman–Crippen MR) is 81.6 cm³/mol. The van der Waals surface area contributed by atoms with E-state index in [0.717, 1.165) is 10.6 Å². The van der Waals surface area contributed by atoms with Crippen molar-refractivity contribution in [3.63, 3.8) is 0 Å². The van der Waals surface area contributed by atoms with E-state index >= 15 is 0 Å². The van der Waals surface area contributed by atoms with Crippen LogP contribution in [0.25, 0.3) is 0 Å². The van der Waals surface area contributed by atoms with Gasteiger partial charge in [-0.25, -0.2) is 4.98 Å². The smallest absolute Gasteiger partial charge is 0.311 e. The third-order valence-corrected chi connectivity index (χ3v) is 3.73. The quantitative estimate of drug-likeness (QED) is 0.380. The summed E-state index contributed by atoms with van der Waals surface area (Å²) in [7, 11) is 0. The van der Waals surface area contributed by atoms with E-state index in [9.17, 15) is 10.1 Å². The van der Waals surface area contributed by atoms with Crippen LogP contribution in [0.3, 0.4) is 0 Å². The van der Waals surface area contributed by atoms with E-state index in [1.165, 1.54) is 12.3 Å². The fourth-order valence-corrected chi connectivity index (χ4v) is 2.44. The van der Waals surface area contributed by atoms with Crippen LogP contribution >= 0.6 is 23.4 Å². The zero-order chi connectivity index (χ0) is 14.4. The van der Waals surface area contributed by atoms with Gasteiger partial charge < -0.3 is 5.32 Å². The van der Waals surface area contributed by atoms with E-state index in [1.54, 1.807) is 17.8 Å². The molecule has 0 bridgehead atoms. The van der Waals surface area contributed by atoms with Crippen LogP contribution in [0, 0.1) is 10.1 Å². The summed E-state index contributed by atoms with van der Waals surface area (Å²) in [6.07, 6.45) is 1.53. The zero-order valence-electron chi connectivity index (χ0n) is 10.5. The van der Waals surface area contributed by atoms with E-state index in [4.69, 9.17) is 11.6 Å². The van der Waals surface area contributed by atoms with E-state index < -0.39 is 4.92 Å². The van der Waals surface area contributed by atoms with Crippen LogP contribution < -0.4 is 5.32 Å². The van der Waals surface area contributed by atoms with E-state index in [-0.39, 0.29) is 5.69 Å². The van der Waals surface area contributed by atoms with E-state index in [1.807, 2.05) is 24.3 Å². The molecule has 0 saturated heterocycles. The van der Waals surface area contributed by atoms with Crippen molar-refractivity contribution in [2.24, 2.45) is 0 Å². The molecule has 0 aliphatic rings. The van der Waals surface area contributed by atoms with Gasteiger partial charge in [0, 0.05) is 34.5 Å². The summed E-state index contributed by atoms with van der Waals surface area (Å²) >= 11 is 7.45. The third-order valence-electron chi connectivity index (χ3n) is 2.46. The second kappa shape index (κ2) is 7.12. The van der Waals surface area contributed by atoms with Gasteiger partial charge in [0.15, 0.2) is 0 Å². The highest BCUT2D eigenvalue weighted by molar-refractivity contribution is 7.99. The molecule has 104 valence electrons. The van der Waals surface area contributed by atoms with Crippen LogP contribution in [0.5, 0.6) is 0 Å². The zero-order valence-corrected chi connectivity index (χ0v) is 12.0. The number of anilines is 1. The Morgan fingerprint density at radius 1 is 1.30 bits per heavy atom. The maximum atomic E-state index is 10.8. The molecule has 0 fully saturated rings. The van der Waals surface area contributed by atoms with E-state index in [2.05, 4.69) is 10.3 Å². The van der Waals surface area contributed by atoms with Gasteiger partial charge in [-0.1, -0.05) is 11.6 Å².